The number of aromatic nitrogens is 2. The maximum Gasteiger partial charge on any atom is 0.240 e. The fourth-order valence-electron chi connectivity index (χ4n) is 1.76. The summed E-state index contributed by atoms with van der Waals surface area (Å²) in [6.07, 6.45) is 4.32. The minimum absolute atomic E-state index is 0.597. The molecule has 1 N–H and O–H groups in total. The highest BCUT2D eigenvalue weighted by Gasteiger charge is 2.20. The first kappa shape index (κ1) is 10.5. The van der Waals surface area contributed by atoms with Crippen molar-refractivity contribution in [1.82, 2.24) is 15.5 Å². The summed E-state index contributed by atoms with van der Waals surface area (Å²) in [7, 11) is 0. The van der Waals surface area contributed by atoms with Crippen molar-refractivity contribution in [3.8, 4) is 11.4 Å². The molecule has 0 spiro atoms. The lowest BCUT2D eigenvalue weighted by atomic mass is 10.2. The molecule has 0 aliphatic heterocycles. The molecule has 5 nitrogen and oxygen atoms in total. The quantitative estimate of drug-likeness (QED) is 0.857. The highest BCUT2D eigenvalue weighted by atomic mass is 16.5. The highest BCUT2D eigenvalue weighted by molar-refractivity contribution is 5.55. The van der Waals surface area contributed by atoms with E-state index < -0.39 is 0 Å². The molecule has 1 saturated carbocycles. The molecule has 0 amide bonds. The first-order chi connectivity index (χ1) is 8.33. The smallest absolute Gasteiger partial charge is 0.240 e. The van der Waals surface area contributed by atoms with Crippen molar-refractivity contribution in [1.29, 1.82) is 0 Å². The number of aryl methyl sites for hydroxylation is 1. The molecular weight excluding hydrogens is 218 g/mol. The Morgan fingerprint density at radius 2 is 2.35 bits per heavy atom. The van der Waals surface area contributed by atoms with Crippen LogP contribution in [0, 0.1) is 12.8 Å². The third-order valence-electron chi connectivity index (χ3n) is 2.97. The zero-order valence-electron chi connectivity index (χ0n) is 9.77. The van der Waals surface area contributed by atoms with Crippen LogP contribution in [0.5, 0.6) is 0 Å². The summed E-state index contributed by atoms with van der Waals surface area (Å²) in [5, 5.41) is 7.26. The van der Waals surface area contributed by atoms with Crippen molar-refractivity contribution in [2.45, 2.75) is 26.3 Å². The summed E-state index contributed by atoms with van der Waals surface area (Å²) >= 11 is 0. The Morgan fingerprint density at radius 3 is 3.06 bits per heavy atom. The van der Waals surface area contributed by atoms with E-state index in [-0.39, 0.29) is 0 Å². The van der Waals surface area contributed by atoms with Crippen LogP contribution in [0.4, 0.5) is 0 Å². The number of nitrogens with one attached hydrogen (secondary N) is 1. The van der Waals surface area contributed by atoms with Gasteiger partial charge in [0.1, 0.15) is 5.76 Å². The first-order valence-corrected chi connectivity index (χ1v) is 5.90. The lowest BCUT2D eigenvalue weighted by Gasteiger charge is -1.97. The summed E-state index contributed by atoms with van der Waals surface area (Å²) in [6.45, 7) is 3.57. The Labute approximate surface area is 99.2 Å². The molecule has 2 aromatic rings. The highest BCUT2D eigenvalue weighted by Crippen LogP contribution is 2.27. The average Bonchev–Trinajstić information content (AvgIpc) is 2.85. The standard InChI is InChI=1S/C12H15N3O2/c1-8-10(4-5-16-8)12-14-11(17-15-12)7-13-6-9-2-3-9/h4-5,9,13H,2-3,6-7H2,1H3. The predicted molar refractivity (Wildman–Crippen MR) is 61.2 cm³/mol. The van der Waals surface area contributed by atoms with Gasteiger partial charge in [-0.25, -0.2) is 0 Å². The molecule has 0 unspecified atom stereocenters. The van der Waals surface area contributed by atoms with Crippen LogP contribution in [0.3, 0.4) is 0 Å². The van der Waals surface area contributed by atoms with Crippen LogP contribution in [0.1, 0.15) is 24.5 Å². The Kier molecular flexibility index (Phi) is 2.68. The van der Waals surface area contributed by atoms with E-state index in [0.717, 1.165) is 23.8 Å². The van der Waals surface area contributed by atoms with Crippen LogP contribution in [-0.4, -0.2) is 16.7 Å². The lowest BCUT2D eigenvalue weighted by molar-refractivity contribution is 0.367. The topological polar surface area (TPSA) is 64.1 Å². The van der Waals surface area contributed by atoms with Crippen LogP contribution < -0.4 is 5.32 Å². The molecule has 0 aromatic carbocycles. The monoisotopic (exact) mass is 233 g/mol. The van der Waals surface area contributed by atoms with E-state index in [2.05, 4.69) is 15.5 Å². The minimum Gasteiger partial charge on any atom is -0.469 e. The summed E-state index contributed by atoms with van der Waals surface area (Å²) < 4.78 is 10.4. The molecule has 2 aromatic heterocycles. The van der Waals surface area contributed by atoms with E-state index in [1.54, 1.807) is 6.26 Å². The van der Waals surface area contributed by atoms with E-state index >= 15 is 0 Å². The largest absolute Gasteiger partial charge is 0.469 e. The van der Waals surface area contributed by atoms with Crippen LogP contribution in [0.25, 0.3) is 11.4 Å². The van der Waals surface area contributed by atoms with E-state index in [1.165, 1.54) is 12.8 Å². The second-order valence-corrected chi connectivity index (χ2v) is 4.48. The fraction of sp³-hybridized carbons (Fsp3) is 0.500. The molecule has 17 heavy (non-hydrogen) atoms. The Bertz CT molecular complexity index is 499. The van der Waals surface area contributed by atoms with Crippen LogP contribution >= 0.6 is 0 Å². The molecule has 0 radical (unpaired) electrons. The van der Waals surface area contributed by atoms with Gasteiger partial charge < -0.3 is 14.3 Å². The molecular formula is C12H15N3O2. The summed E-state index contributed by atoms with van der Waals surface area (Å²) in [5.74, 6) is 2.89. The number of furan rings is 1. The molecule has 1 aliphatic carbocycles. The summed E-state index contributed by atoms with van der Waals surface area (Å²) in [6, 6.07) is 1.85. The van der Waals surface area contributed by atoms with Crippen molar-refractivity contribution >= 4 is 0 Å². The van der Waals surface area contributed by atoms with Gasteiger partial charge in [-0.3, -0.25) is 0 Å². The molecule has 1 fully saturated rings. The first-order valence-electron chi connectivity index (χ1n) is 5.90. The zero-order valence-corrected chi connectivity index (χ0v) is 9.77. The number of hydrogen-bond acceptors (Lipinski definition) is 5. The number of nitrogens with zero attached hydrogens (tertiary/aromatic N) is 2. The third kappa shape index (κ3) is 2.39. The molecule has 90 valence electrons. The third-order valence-corrected chi connectivity index (χ3v) is 2.97. The molecule has 0 bridgehead atoms. The van der Waals surface area contributed by atoms with E-state index in [9.17, 15) is 0 Å². The molecule has 5 heteroatoms. The van der Waals surface area contributed by atoms with Crippen LogP contribution in [0.15, 0.2) is 21.3 Å². The molecule has 1 aliphatic rings. The van der Waals surface area contributed by atoms with Crippen molar-refractivity contribution in [2.24, 2.45) is 5.92 Å². The van der Waals surface area contributed by atoms with Gasteiger partial charge in [0.05, 0.1) is 18.4 Å². The average molecular weight is 233 g/mol. The van der Waals surface area contributed by atoms with Crippen LogP contribution in [0.2, 0.25) is 0 Å². The van der Waals surface area contributed by atoms with Crippen LogP contribution in [-0.2, 0) is 6.54 Å². The van der Waals surface area contributed by atoms with Gasteiger partial charge in [0.2, 0.25) is 11.7 Å². The van der Waals surface area contributed by atoms with Gasteiger partial charge in [-0.2, -0.15) is 4.98 Å². The van der Waals surface area contributed by atoms with E-state index in [0.29, 0.717) is 18.3 Å². The van der Waals surface area contributed by atoms with Gasteiger partial charge in [-0.05, 0) is 38.3 Å². The molecule has 3 rings (SSSR count). The van der Waals surface area contributed by atoms with Gasteiger partial charge >= 0.3 is 0 Å². The van der Waals surface area contributed by atoms with E-state index in [1.807, 2.05) is 13.0 Å². The Hall–Kier alpha value is -1.62. The molecule has 2 heterocycles. The van der Waals surface area contributed by atoms with E-state index in [4.69, 9.17) is 8.94 Å². The van der Waals surface area contributed by atoms with Gasteiger partial charge in [0.15, 0.2) is 0 Å². The Balaban J connectivity index is 1.63. The maximum absolute atomic E-state index is 5.21. The van der Waals surface area contributed by atoms with Gasteiger partial charge in [0, 0.05) is 0 Å². The van der Waals surface area contributed by atoms with Crippen molar-refractivity contribution in [2.75, 3.05) is 6.54 Å². The maximum atomic E-state index is 5.21. The summed E-state index contributed by atoms with van der Waals surface area (Å²) in [5.41, 5.74) is 0.891. The SMILES string of the molecule is Cc1occc1-c1noc(CNCC2CC2)n1. The van der Waals surface area contributed by atoms with Crippen molar-refractivity contribution < 1.29 is 8.94 Å². The Morgan fingerprint density at radius 1 is 1.47 bits per heavy atom. The number of rotatable bonds is 5. The predicted octanol–water partition coefficient (Wildman–Crippen LogP) is 2.14. The summed E-state index contributed by atoms with van der Waals surface area (Å²) in [4.78, 5) is 4.33. The zero-order chi connectivity index (χ0) is 11.7. The van der Waals surface area contributed by atoms with Gasteiger partial charge in [-0.15, -0.1) is 0 Å². The number of hydrogen-bond donors (Lipinski definition) is 1. The molecule has 0 saturated heterocycles. The van der Waals surface area contributed by atoms with Crippen molar-refractivity contribution in [3.63, 3.8) is 0 Å². The minimum atomic E-state index is 0.597. The second-order valence-electron chi connectivity index (χ2n) is 4.48. The van der Waals surface area contributed by atoms with Gasteiger partial charge in [0.25, 0.3) is 0 Å². The molecule has 0 atom stereocenters. The van der Waals surface area contributed by atoms with Gasteiger partial charge in [-0.1, -0.05) is 5.16 Å². The fourth-order valence-corrected chi connectivity index (χ4v) is 1.76. The normalized spacial score (nSPS) is 15.4. The second kappa shape index (κ2) is 4.33. The van der Waals surface area contributed by atoms with Crippen molar-refractivity contribution in [3.05, 3.63) is 24.0 Å². The lowest BCUT2D eigenvalue weighted by Crippen LogP contribution is -2.16.